The van der Waals surface area contributed by atoms with Gasteiger partial charge in [0.05, 0.1) is 0 Å². The Labute approximate surface area is 101 Å². The molecule has 88 valence electrons. The van der Waals surface area contributed by atoms with Crippen molar-refractivity contribution in [3.8, 4) is 0 Å². The van der Waals surface area contributed by atoms with Crippen molar-refractivity contribution in [2.24, 2.45) is 11.7 Å². The first-order valence-corrected chi connectivity index (χ1v) is 6.78. The molecule has 0 spiro atoms. The van der Waals surface area contributed by atoms with Crippen LogP contribution in [0.1, 0.15) is 17.8 Å². The van der Waals surface area contributed by atoms with Crippen LogP contribution >= 0.6 is 23.1 Å². The van der Waals surface area contributed by atoms with Gasteiger partial charge in [0.2, 0.25) is 0 Å². The summed E-state index contributed by atoms with van der Waals surface area (Å²) in [5, 5.41) is 17.9. The van der Waals surface area contributed by atoms with E-state index in [1.807, 2.05) is 6.92 Å². The smallest absolute Gasteiger partial charge is 0.324 e. The van der Waals surface area contributed by atoms with E-state index in [9.17, 15) is 4.79 Å². The van der Waals surface area contributed by atoms with Crippen molar-refractivity contribution in [3.63, 3.8) is 0 Å². The third-order valence-electron chi connectivity index (χ3n) is 2.65. The van der Waals surface area contributed by atoms with Crippen LogP contribution in [0.5, 0.6) is 0 Å². The maximum absolute atomic E-state index is 11.2. The van der Waals surface area contributed by atoms with Crippen LogP contribution in [0.2, 0.25) is 0 Å². The summed E-state index contributed by atoms with van der Waals surface area (Å²) in [5.41, 5.74) is 4.83. The second-order valence-electron chi connectivity index (χ2n) is 4.00. The first-order chi connectivity index (χ1) is 7.52. The minimum atomic E-state index is -1.11. The first kappa shape index (κ1) is 11.8. The Hall–Kier alpha value is -0.660. The topological polar surface area (TPSA) is 89.1 Å². The predicted molar refractivity (Wildman–Crippen MR) is 62.6 cm³/mol. The van der Waals surface area contributed by atoms with Gasteiger partial charge < -0.3 is 10.8 Å². The zero-order valence-corrected chi connectivity index (χ0v) is 10.5. The molecule has 1 aromatic heterocycles. The van der Waals surface area contributed by atoms with Crippen molar-refractivity contribution in [3.05, 3.63) is 5.01 Å². The number of nitrogens with zero attached hydrogens (tertiary/aromatic N) is 2. The number of carboxylic acid groups (broad SMARTS) is 1. The Bertz CT molecular complexity index is 405. The molecule has 0 saturated heterocycles. The van der Waals surface area contributed by atoms with Gasteiger partial charge in [0, 0.05) is 5.75 Å². The van der Waals surface area contributed by atoms with Crippen molar-refractivity contribution in [1.29, 1.82) is 0 Å². The number of aryl methyl sites for hydroxylation is 1. The number of hydrogen-bond acceptors (Lipinski definition) is 6. The molecule has 0 aliphatic heterocycles. The number of rotatable bonds is 5. The van der Waals surface area contributed by atoms with E-state index in [1.165, 1.54) is 23.1 Å². The van der Waals surface area contributed by atoms with Crippen molar-refractivity contribution < 1.29 is 9.90 Å². The van der Waals surface area contributed by atoms with Gasteiger partial charge in [0.15, 0.2) is 4.34 Å². The third kappa shape index (κ3) is 2.36. The maximum atomic E-state index is 11.2. The Kier molecular flexibility index (Phi) is 3.18. The molecule has 1 aliphatic carbocycles. The molecule has 2 rings (SSSR count). The van der Waals surface area contributed by atoms with E-state index in [1.54, 1.807) is 0 Å². The fourth-order valence-electron chi connectivity index (χ4n) is 1.47. The number of carbonyl (C=O) groups is 1. The Balaban J connectivity index is 1.99. The number of hydrogen-bond donors (Lipinski definition) is 2. The summed E-state index contributed by atoms with van der Waals surface area (Å²) in [6.07, 6.45) is 1.83. The minimum absolute atomic E-state index is 0.117. The van der Waals surface area contributed by atoms with E-state index in [0.717, 1.165) is 22.2 Å². The summed E-state index contributed by atoms with van der Waals surface area (Å²) >= 11 is 2.85. The van der Waals surface area contributed by atoms with Crippen molar-refractivity contribution in [2.45, 2.75) is 29.6 Å². The van der Waals surface area contributed by atoms with Gasteiger partial charge in [0.1, 0.15) is 10.5 Å². The molecule has 0 aromatic carbocycles. The van der Waals surface area contributed by atoms with Gasteiger partial charge in [-0.3, -0.25) is 4.79 Å². The highest BCUT2D eigenvalue weighted by Gasteiger charge is 2.48. The summed E-state index contributed by atoms with van der Waals surface area (Å²) < 4.78 is 0.786. The number of aromatic nitrogens is 2. The Morgan fingerprint density at radius 3 is 2.81 bits per heavy atom. The number of thioether (sulfide) groups is 1. The highest BCUT2D eigenvalue weighted by molar-refractivity contribution is 8.01. The summed E-state index contributed by atoms with van der Waals surface area (Å²) in [6.45, 7) is 1.87. The quantitative estimate of drug-likeness (QED) is 0.771. The van der Waals surface area contributed by atoms with Gasteiger partial charge in [-0.05, 0) is 25.7 Å². The molecule has 1 fully saturated rings. The highest BCUT2D eigenvalue weighted by atomic mass is 32.2. The van der Waals surface area contributed by atoms with Crippen LogP contribution < -0.4 is 5.73 Å². The zero-order valence-electron chi connectivity index (χ0n) is 8.84. The van der Waals surface area contributed by atoms with E-state index in [0.29, 0.717) is 5.75 Å². The second-order valence-corrected chi connectivity index (χ2v) is 6.40. The van der Waals surface area contributed by atoms with Crippen LogP contribution in [0.15, 0.2) is 4.34 Å². The molecule has 1 unspecified atom stereocenters. The molecule has 0 amide bonds. The van der Waals surface area contributed by atoms with Crippen LogP contribution in [0, 0.1) is 12.8 Å². The first-order valence-electron chi connectivity index (χ1n) is 4.97. The molecular weight excluding hydrogens is 246 g/mol. The molecule has 1 aromatic rings. The van der Waals surface area contributed by atoms with Crippen LogP contribution in [-0.4, -0.2) is 32.6 Å². The normalized spacial score (nSPS) is 19.4. The zero-order chi connectivity index (χ0) is 11.8. The monoisotopic (exact) mass is 259 g/mol. The molecule has 1 aliphatic rings. The van der Waals surface area contributed by atoms with Crippen molar-refractivity contribution in [2.75, 3.05) is 5.75 Å². The molecule has 5 nitrogen and oxygen atoms in total. The predicted octanol–water partition coefficient (Wildman–Crippen LogP) is 1.13. The van der Waals surface area contributed by atoms with E-state index >= 15 is 0 Å². The molecular formula is C9H13N3O2S2. The number of nitrogens with two attached hydrogens (primary N) is 1. The molecule has 3 N–H and O–H groups in total. The summed E-state index contributed by atoms with van der Waals surface area (Å²) in [4.78, 5) is 11.2. The van der Waals surface area contributed by atoms with Gasteiger partial charge in [-0.25, -0.2) is 0 Å². The van der Waals surface area contributed by atoms with E-state index in [4.69, 9.17) is 10.8 Å². The summed E-state index contributed by atoms with van der Waals surface area (Å²) in [6, 6.07) is 0. The lowest BCUT2D eigenvalue weighted by atomic mass is 9.98. The molecule has 7 heteroatoms. The van der Waals surface area contributed by atoms with Gasteiger partial charge in [-0.15, -0.1) is 10.2 Å². The maximum Gasteiger partial charge on any atom is 0.324 e. The lowest BCUT2D eigenvalue weighted by Crippen LogP contribution is -2.52. The van der Waals surface area contributed by atoms with Crippen molar-refractivity contribution in [1.82, 2.24) is 10.2 Å². The SMILES string of the molecule is Cc1nnc(SCC(N)(C(=O)O)C2CC2)s1. The molecule has 1 heterocycles. The summed E-state index contributed by atoms with van der Waals surface area (Å²) in [5.74, 6) is -0.433. The molecule has 0 radical (unpaired) electrons. The van der Waals surface area contributed by atoms with E-state index < -0.39 is 11.5 Å². The fourth-order valence-corrected chi connectivity index (χ4v) is 3.48. The van der Waals surface area contributed by atoms with Crippen LogP contribution in [-0.2, 0) is 4.79 Å². The van der Waals surface area contributed by atoms with E-state index in [-0.39, 0.29) is 5.92 Å². The van der Waals surface area contributed by atoms with Crippen LogP contribution in [0.25, 0.3) is 0 Å². The van der Waals surface area contributed by atoms with Crippen molar-refractivity contribution >= 4 is 29.1 Å². The lowest BCUT2D eigenvalue weighted by Gasteiger charge is -2.23. The second kappa shape index (κ2) is 4.31. The standard InChI is InChI=1S/C9H13N3O2S2/c1-5-11-12-8(16-5)15-4-9(10,7(13)14)6-2-3-6/h6H,2-4,10H2,1H3,(H,13,14). The van der Waals surface area contributed by atoms with Crippen LogP contribution in [0.3, 0.4) is 0 Å². The highest BCUT2D eigenvalue weighted by Crippen LogP contribution is 2.41. The summed E-state index contributed by atoms with van der Waals surface area (Å²) in [7, 11) is 0. The van der Waals surface area contributed by atoms with Gasteiger partial charge in [-0.2, -0.15) is 0 Å². The van der Waals surface area contributed by atoms with Crippen LogP contribution in [0.4, 0.5) is 0 Å². The fraction of sp³-hybridized carbons (Fsp3) is 0.667. The average molecular weight is 259 g/mol. The Morgan fingerprint density at radius 1 is 1.69 bits per heavy atom. The lowest BCUT2D eigenvalue weighted by molar-refractivity contribution is -0.143. The largest absolute Gasteiger partial charge is 0.480 e. The van der Waals surface area contributed by atoms with Gasteiger partial charge in [-0.1, -0.05) is 23.1 Å². The Morgan fingerprint density at radius 2 is 2.38 bits per heavy atom. The average Bonchev–Trinajstić information content (AvgIpc) is 2.99. The van der Waals surface area contributed by atoms with E-state index in [2.05, 4.69) is 10.2 Å². The third-order valence-corrected chi connectivity index (χ3v) is 4.83. The number of carboxylic acids is 1. The molecule has 16 heavy (non-hydrogen) atoms. The minimum Gasteiger partial charge on any atom is -0.480 e. The van der Waals surface area contributed by atoms with Gasteiger partial charge in [0.25, 0.3) is 0 Å². The van der Waals surface area contributed by atoms with Gasteiger partial charge >= 0.3 is 5.97 Å². The number of aliphatic carboxylic acids is 1. The molecule has 1 saturated carbocycles. The molecule has 1 atom stereocenters. The molecule has 0 bridgehead atoms.